The third-order valence-corrected chi connectivity index (χ3v) is 5.85. The van der Waals surface area contributed by atoms with Gasteiger partial charge in [-0.15, -0.1) is 0 Å². The first-order valence-electron chi connectivity index (χ1n) is 10.5. The van der Waals surface area contributed by atoms with E-state index in [9.17, 15) is 22.8 Å². The van der Waals surface area contributed by atoms with Crippen molar-refractivity contribution in [3.8, 4) is 0 Å². The lowest BCUT2D eigenvalue weighted by Crippen LogP contribution is -2.36. The number of nitrogens with zero attached hydrogens (tertiary/aromatic N) is 2. The van der Waals surface area contributed by atoms with Gasteiger partial charge in [-0.3, -0.25) is 14.9 Å². The number of carbonyl (C=O) groups excluding carboxylic acids is 2. The summed E-state index contributed by atoms with van der Waals surface area (Å²) in [4.78, 5) is 28.0. The zero-order valence-electron chi connectivity index (χ0n) is 17.5. The second kappa shape index (κ2) is 8.44. The molecule has 2 aliphatic rings. The summed E-state index contributed by atoms with van der Waals surface area (Å²) < 4.78 is 43.9. The Hall–Kier alpha value is -3.11. The molecular formula is C21H24F3N5O3. The Kier molecular flexibility index (Phi) is 5.83. The molecule has 0 aliphatic heterocycles. The van der Waals surface area contributed by atoms with E-state index in [0.29, 0.717) is 6.42 Å². The number of hydrogen-bond acceptors (Lipinski definition) is 5. The molecule has 2 heterocycles. The highest BCUT2D eigenvalue weighted by Crippen LogP contribution is 2.37. The molecular weight excluding hydrogens is 427 g/mol. The van der Waals surface area contributed by atoms with Crippen LogP contribution in [0.3, 0.4) is 0 Å². The van der Waals surface area contributed by atoms with Crippen LogP contribution >= 0.6 is 0 Å². The predicted octanol–water partition coefficient (Wildman–Crippen LogP) is 3.92. The van der Waals surface area contributed by atoms with Gasteiger partial charge in [-0.25, -0.2) is 4.79 Å². The first kappa shape index (κ1) is 22.1. The van der Waals surface area contributed by atoms with Crippen LogP contribution in [0.4, 0.5) is 23.8 Å². The summed E-state index contributed by atoms with van der Waals surface area (Å²) in [5.74, 6) is -0.138. The summed E-state index contributed by atoms with van der Waals surface area (Å²) in [6.45, 7) is 1.98. The molecule has 0 radical (unpaired) electrons. The zero-order valence-corrected chi connectivity index (χ0v) is 17.5. The average molecular weight is 451 g/mol. The van der Waals surface area contributed by atoms with Crippen LogP contribution in [0.1, 0.15) is 61.9 Å². The summed E-state index contributed by atoms with van der Waals surface area (Å²) in [6, 6.07) is 3.40. The highest BCUT2D eigenvalue weighted by atomic mass is 19.4. The van der Waals surface area contributed by atoms with Crippen LogP contribution in [0, 0.1) is 0 Å². The van der Waals surface area contributed by atoms with Gasteiger partial charge in [0, 0.05) is 29.4 Å². The normalized spacial score (nSPS) is 21.8. The average Bonchev–Trinajstić information content (AvgIpc) is 3.07. The second-order valence-corrected chi connectivity index (χ2v) is 8.69. The molecule has 2 aliphatic carbocycles. The Morgan fingerprint density at radius 1 is 1.28 bits per heavy atom. The van der Waals surface area contributed by atoms with Crippen LogP contribution in [0.25, 0.3) is 0 Å². The first-order chi connectivity index (χ1) is 15.1. The van der Waals surface area contributed by atoms with E-state index in [2.05, 4.69) is 25.8 Å². The maximum absolute atomic E-state index is 12.8. The number of aromatic nitrogens is 3. The van der Waals surface area contributed by atoms with E-state index in [0.717, 1.165) is 49.7 Å². The number of alkyl carbamates (subject to hydrolysis) is 1. The molecule has 2 aromatic heterocycles. The van der Waals surface area contributed by atoms with Gasteiger partial charge in [0.2, 0.25) is 5.91 Å². The van der Waals surface area contributed by atoms with Gasteiger partial charge >= 0.3 is 12.3 Å². The summed E-state index contributed by atoms with van der Waals surface area (Å²) >= 11 is 0. The number of ether oxygens (including phenoxy) is 1. The third kappa shape index (κ3) is 5.57. The van der Waals surface area contributed by atoms with E-state index in [-0.39, 0.29) is 35.5 Å². The molecule has 8 nitrogen and oxygen atoms in total. The number of nitrogens with one attached hydrogen (secondary N) is 3. The molecule has 32 heavy (non-hydrogen) atoms. The molecule has 0 spiro atoms. The minimum atomic E-state index is -4.50. The minimum absolute atomic E-state index is 0.0159. The SMILES string of the molecule is CC1(NC(=O)O[C@@H]2CC[C@H](c3cc(NC(=O)Cc4cc(C(F)(F)F)ccn4)n[nH]3)C2)CC1. The molecule has 11 heteroatoms. The van der Waals surface area contributed by atoms with E-state index in [1.165, 1.54) is 0 Å². The first-order valence-corrected chi connectivity index (χ1v) is 10.5. The Balaban J connectivity index is 1.27. The highest BCUT2D eigenvalue weighted by Gasteiger charge is 2.40. The van der Waals surface area contributed by atoms with E-state index >= 15 is 0 Å². The predicted molar refractivity (Wildman–Crippen MR) is 108 cm³/mol. The molecule has 4 rings (SSSR count). The molecule has 0 bridgehead atoms. The monoisotopic (exact) mass is 451 g/mol. The van der Waals surface area contributed by atoms with Crippen molar-refractivity contribution < 1.29 is 27.5 Å². The van der Waals surface area contributed by atoms with Crippen LogP contribution in [-0.4, -0.2) is 38.8 Å². The van der Waals surface area contributed by atoms with Gasteiger partial charge in [-0.1, -0.05) is 0 Å². The molecule has 2 fully saturated rings. The van der Waals surface area contributed by atoms with Crippen molar-refractivity contribution in [2.75, 3.05) is 5.32 Å². The Bertz CT molecular complexity index is 1000. The quantitative estimate of drug-likeness (QED) is 0.617. The van der Waals surface area contributed by atoms with Crippen molar-refractivity contribution in [2.45, 2.75) is 69.2 Å². The lowest BCUT2D eigenvalue weighted by Gasteiger charge is -2.16. The topological polar surface area (TPSA) is 109 Å². The van der Waals surface area contributed by atoms with Crippen LogP contribution < -0.4 is 10.6 Å². The van der Waals surface area contributed by atoms with E-state index < -0.39 is 23.7 Å². The number of H-pyrrole nitrogens is 1. The van der Waals surface area contributed by atoms with Crippen molar-refractivity contribution in [1.82, 2.24) is 20.5 Å². The number of amides is 2. The number of pyridine rings is 1. The largest absolute Gasteiger partial charge is 0.446 e. The Labute approximate surface area is 182 Å². The zero-order chi connectivity index (χ0) is 22.9. The van der Waals surface area contributed by atoms with Crippen LogP contribution in [0.2, 0.25) is 0 Å². The molecule has 3 N–H and O–H groups in total. The van der Waals surface area contributed by atoms with Gasteiger partial charge < -0.3 is 15.4 Å². The van der Waals surface area contributed by atoms with Gasteiger partial charge in [0.05, 0.1) is 17.7 Å². The molecule has 2 aromatic rings. The number of rotatable bonds is 6. The summed E-state index contributed by atoms with van der Waals surface area (Å²) in [6.07, 6.45) is -0.244. The van der Waals surface area contributed by atoms with E-state index in [1.807, 2.05) is 6.92 Å². The molecule has 2 atom stereocenters. The molecule has 0 aromatic carbocycles. The maximum Gasteiger partial charge on any atom is 0.416 e. The van der Waals surface area contributed by atoms with Crippen molar-refractivity contribution >= 4 is 17.8 Å². The summed E-state index contributed by atoms with van der Waals surface area (Å²) in [5.41, 5.74) is -0.162. The van der Waals surface area contributed by atoms with Gasteiger partial charge in [-0.05, 0) is 51.2 Å². The lowest BCUT2D eigenvalue weighted by molar-refractivity contribution is -0.137. The number of anilines is 1. The molecule has 172 valence electrons. The third-order valence-electron chi connectivity index (χ3n) is 5.85. The smallest absolute Gasteiger partial charge is 0.416 e. The highest BCUT2D eigenvalue weighted by molar-refractivity contribution is 5.91. The second-order valence-electron chi connectivity index (χ2n) is 8.69. The maximum atomic E-state index is 12.8. The number of aromatic amines is 1. The number of carbonyl (C=O) groups is 2. The molecule has 0 unspecified atom stereocenters. The van der Waals surface area contributed by atoms with Crippen molar-refractivity contribution in [1.29, 1.82) is 0 Å². The molecule has 2 saturated carbocycles. The summed E-state index contributed by atoms with van der Waals surface area (Å²) in [7, 11) is 0. The minimum Gasteiger partial charge on any atom is -0.446 e. The van der Waals surface area contributed by atoms with Crippen molar-refractivity contribution in [2.24, 2.45) is 0 Å². The Morgan fingerprint density at radius 2 is 2.06 bits per heavy atom. The lowest BCUT2D eigenvalue weighted by atomic mass is 10.0. The molecule has 2 amide bonds. The number of hydrogen-bond donors (Lipinski definition) is 3. The summed E-state index contributed by atoms with van der Waals surface area (Å²) in [5, 5.41) is 12.4. The van der Waals surface area contributed by atoms with Crippen molar-refractivity contribution in [3.05, 3.63) is 41.3 Å². The van der Waals surface area contributed by atoms with Gasteiger partial charge in [0.25, 0.3) is 0 Å². The molecule has 0 saturated heterocycles. The fourth-order valence-electron chi connectivity index (χ4n) is 3.78. The number of alkyl halides is 3. The number of halogens is 3. The standard InChI is InChI=1S/C21H24F3N5O3/c1-20(5-6-20)27-19(31)32-15-3-2-12(8-15)16-11-17(29-28-16)26-18(30)10-14-9-13(4-7-25-14)21(22,23)24/h4,7,9,11-12,15H,2-3,5-6,8,10H2,1H3,(H,27,31)(H2,26,28,29,30)/t12-,15+/m0/s1. The Morgan fingerprint density at radius 3 is 2.78 bits per heavy atom. The van der Waals surface area contributed by atoms with Gasteiger partial charge in [-0.2, -0.15) is 18.3 Å². The van der Waals surface area contributed by atoms with Crippen LogP contribution in [-0.2, 0) is 22.1 Å². The van der Waals surface area contributed by atoms with Crippen molar-refractivity contribution in [3.63, 3.8) is 0 Å². The van der Waals surface area contributed by atoms with Crippen LogP contribution in [0.5, 0.6) is 0 Å². The fourth-order valence-corrected chi connectivity index (χ4v) is 3.78. The van der Waals surface area contributed by atoms with E-state index in [1.54, 1.807) is 6.07 Å². The fraction of sp³-hybridized carbons (Fsp3) is 0.524. The van der Waals surface area contributed by atoms with E-state index in [4.69, 9.17) is 4.74 Å². The van der Waals surface area contributed by atoms with Crippen LogP contribution in [0.15, 0.2) is 24.4 Å². The van der Waals surface area contributed by atoms with Gasteiger partial charge in [0.15, 0.2) is 5.82 Å². The van der Waals surface area contributed by atoms with Gasteiger partial charge in [0.1, 0.15) is 6.10 Å².